The van der Waals surface area contributed by atoms with Gasteiger partial charge in [0.1, 0.15) is 0 Å². The topological polar surface area (TPSA) is 69.9 Å². The van der Waals surface area contributed by atoms with Gasteiger partial charge in [-0.25, -0.2) is 0 Å². The molecule has 0 spiro atoms. The second-order valence-electron chi connectivity index (χ2n) is 5.78. The van der Waals surface area contributed by atoms with Crippen LogP contribution in [-0.2, 0) is 9.59 Å². The summed E-state index contributed by atoms with van der Waals surface area (Å²) in [6, 6.07) is 0. The fourth-order valence-electron chi connectivity index (χ4n) is 2.41. The summed E-state index contributed by atoms with van der Waals surface area (Å²) in [5, 5.41) is 0. The second-order valence-corrected chi connectivity index (χ2v) is 5.78. The minimum absolute atomic E-state index is 0.0302. The van der Waals surface area contributed by atoms with E-state index < -0.39 is 0 Å². The molecule has 2 amide bonds. The first-order valence-electron chi connectivity index (χ1n) is 7.37. The summed E-state index contributed by atoms with van der Waals surface area (Å²) >= 11 is 0. The summed E-state index contributed by atoms with van der Waals surface area (Å²) in [7, 11) is 3.77. The molecule has 6 nitrogen and oxygen atoms in total. The lowest BCUT2D eigenvalue weighted by Gasteiger charge is -2.36. The van der Waals surface area contributed by atoms with Crippen molar-refractivity contribution in [2.45, 2.75) is 19.8 Å². The average molecular weight is 284 g/mol. The number of piperazine rings is 1. The van der Waals surface area contributed by atoms with Crippen molar-refractivity contribution in [3.05, 3.63) is 0 Å². The van der Waals surface area contributed by atoms with Crippen LogP contribution < -0.4 is 5.73 Å². The lowest BCUT2D eigenvalue weighted by atomic mass is 10.0. The van der Waals surface area contributed by atoms with Crippen LogP contribution in [0.3, 0.4) is 0 Å². The fourth-order valence-corrected chi connectivity index (χ4v) is 2.41. The van der Waals surface area contributed by atoms with E-state index >= 15 is 0 Å². The molecule has 1 rings (SSSR count). The smallest absolute Gasteiger partial charge is 0.236 e. The van der Waals surface area contributed by atoms with Gasteiger partial charge in [0.05, 0.1) is 6.54 Å². The molecule has 6 heteroatoms. The molecule has 0 saturated carbocycles. The summed E-state index contributed by atoms with van der Waals surface area (Å²) in [4.78, 5) is 29.7. The summed E-state index contributed by atoms with van der Waals surface area (Å²) in [6.07, 6.45) is 1.73. The second kappa shape index (κ2) is 8.21. The minimum Gasteiger partial charge on any atom is -0.339 e. The molecule has 1 aliphatic rings. The van der Waals surface area contributed by atoms with Crippen LogP contribution >= 0.6 is 0 Å². The van der Waals surface area contributed by atoms with Gasteiger partial charge in [0.25, 0.3) is 0 Å². The number of hydrogen-bond donors (Lipinski definition) is 1. The molecular formula is C14H28N4O2. The number of carbonyl (C=O) groups excluding carboxylic acids is 2. The molecule has 2 N–H and O–H groups in total. The molecule has 1 atom stereocenters. The number of hydrogen-bond acceptors (Lipinski definition) is 4. The normalized spacial score (nSPS) is 17.4. The summed E-state index contributed by atoms with van der Waals surface area (Å²) < 4.78 is 0. The Morgan fingerprint density at radius 1 is 1.15 bits per heavy atom. The Hall–Kier alpha value is -1.14. The first-order valence-corrected chi connectivity index (χ1v) is 7.37. The highest BCUT2D eigenvalue weighted by atomic mass is 16.2. The first kappa shape index (κ1) is 16.9. The van der Waals surface area contributed by atoms with E-state index in [2.05, 4.69) is 0 Å². The quantitative estimate of drug-likeness (QED) is 0.720. The number of carbonyl (C=O) groups is 2. The maximum Gasteiger partial charge on any atom is 0.236 e. The molecule has 1 fully saturated rings. The van der Waals surface area contributed by atoms with E-state index in [0.29, 0.717) is 39.3 Å². The SMILES string of the molecule is CC(CCCN)C(=O)N1CCN(C(=O)CN(C)C)CC1. The zero-order valence-electron chi connectivity index (χ0n) is 13.0. The Bertz CT molecular complexity index is 325. The van der Waals surface area contributed by atoms with Gasteiger partial charge < -0.3 is 20.4 Å². The van der Waals surface area contributed by atoms with Gasteiger partial charge in [-0.2, -0.15) is 0 Å². The third-order valence-electron chi connectivity index (χ3n) is 3.66. The first-order chi connectivity index (χ1) is 9.45. The van der Waals surface area contributed by atoms with Crippen LogP contribution in [0, 0.1) is 5.92 Å². The van der Waals surface area contributed by atoms with E-state index in [0.717, 1.165) is 12.8 Å². The predicted octanol–water partition coefficient (Wildman–Crippen LogP) is -0.406. The van der Waals surface area contributed by atoms with Gasteiger partial charge in [-0.3, -0.25) is 9.59 Å². The van der Waals surface area contributed by atoms with Crippen molar-refractivity contribution in [3.8, 4) is 0 Å². The van der Waals surface area contributed by atoms with E-state index in [1.165, 1.54) is 0 Å². The Kier molecular flexibility index (Phi) is 6.95. The number of likely N-dealkylation sites (N-methyl/N-ethyl adjacent to an activating group) is 1. The molecule has 0 radical (unpaired) electrons. The maximum atomic E-state index is 12.2. The fraction of sp³-hybridized carbons (Fsp3) is 0.857. The van der Waals surface area contributed by atoms with Gasteiger partial charge in [-0.05, 0) is 33.5 Å². The van der Waals surface area contributed by atoms with E-state index in [4.69, 9.17) is 5.73 Å². The van der Waals surface area contributed by atoms with Crippen molar-refractivity contribution in [1.29, 1.82) is 0 Å². The molecule has 116 valence electrons. The number of amides is 2. The van der Waals surface area contributed by atoms with Gasteiger partial charge in [-0.1, -0.05) is 6.92 Å². The van der Waals surface area contributed by atoms with Gasteiger partial charge in [0, 0.05) is 32.1 Å². The van der Waals surface area contributed by atoms with Crippen LogP contribution in [0.1, 0.15) is 19.8 Å². The monoisotopic (exact) mass is 284 g/mol. The van der Waals surface area contributed by atoms with Crippen molar-refractivity contribution in [2.75, 3.05) is 53.4 Å². The van der Waals surface area contributed by atoms with Gasteiger partial charge in [-0.15, -0.1) is 0 Å². The number of nitrogens with zero attached hydrogens (tertiary/aromatic N) is 3. The van der Waals surface area contributed by atoms with Crippen LogP contribution in [0.25, 0.3) is 0 Å². The minimum atomic E-state index is 0.0302. The highest BCUT2D eigenvalue weighted by Crippen LogP contribution is 2.12. The van der Waals surface area contributed by atoms with Crippen LogP contribution in [0.2, 0.25) is 0 Å². The largest absolute Gasteiger partial charge is 0.339 e. The van der Waals surface area contributed by atoms with Crippen molar-refractivity contribution in [2.24, 2.45) is 11.7 Å². The lowest BCUT2D eigenvalue weighted by molar-refractivity contribution is -0.142. The summed E-state index contributed by atoms with van der Waals surface area (Å²) in [5.74, 6) is 0.360. The third-order valence-corrected chi connectivity index (χ3v) is 3.66. The van der Waals surface area contributed by atoms with Crippen molar-refractivity contribution < 1.29 is 9.59 Å². The molecule has 0 aromatic heterocycles. The van der Waals surface area contributed by atoms with Crippen molar-refractivity contribution >= 4 is 11.8 Å². The molecule has 20 heavy (non-hydrogen) atoms. The molecular weight excluding hydrogens is 256 g/mol. The summed E-state index contributed by atoms with van der Waals surface area (Å²) in [5.41, 5.74) is 5.47. The number of rotatable bonds is 6. The molecule has 1 saturated heterocycles. The van der Waals surface area contributed by atoms with E-state index in [1.54, 1.807) is 0 Å². The molecule has 0 aromatic rings. The molecule has 0 aliphatic carbocycles. The highest BCUT2D eigenvalue weighted by molar-refractivity contribution is 5.80. The van der Waals surface area contributed by atoms with Crippen LogP contribution in [-0.4, -0.2) is 79.9 Å². The van der Waals surface area contributed by atoms with Gasteiger partial charge in [0.15, 0.2) is 0 Å². The van der Waals surface area contributed by atoms with Gasteiger partial charge in [0.2, 0.25) is 11.8 Å². The van der Waals surface area contributed by atoms with Crippen molar-refractivity contribution in [3.63, 3.8) is 0 Å². The molecule has 1 unspecified atom stereocenters. The van der Waals surface area contributed by atoms with Gasteiger partial charge >= 0.3 is 0 Å². The Morgan fingerprint density at radius 3 is 2.20 bits per heavy atom. The number of nitrogens with two attached hydrogens (primary N) is 1. The average Bonchev–Trinajstić information content (AvgIpc) is 2.43. The Morgan fingerprint density at radius 2 is 1.70 bits per heavy atom. The summed E-state index contributed by atoms with van der Waals surface area (Å²) in [6.45, 7) is 5.59. The highest BCUT2D eigenvalue weighted by Gasteiger charge is 2.26. The zero-order valence-corrected chi connectivity index (χ0v) is 13.0. The molecule has 0 aromatic carbocycles. The molecule has 0 bridgehead atoms. The molecule has 1 aliphatic heterocycles. The predicted molar refractivity (Wildman–Crippen MR) is 79.2 cm³/mol. The Balaban J connectivity index is 2.38. The van der Waals surface area contributed by atoms with Crippen molar-refractivity contribution in [1.82, 2.24) is 14.7 Å². The van der Waals surface area contributed by atoms with Crippen LogP contribution in [0.5, 0.6) is 0 Å². The third kappa shape index (κ3) is 5.09. The zero-order chi connectivity index (χ0) is 15.1. The Labute approximate surface area is 121 Å². The lowest BCUT2D eigenvalue weighted by Crippen LogP contribution is -2.53. The maximum absolute atomic E-state index is 12.2. The van der Waals surface area contributed by atoms with Crippen LogP contribution in [0.4, 0.5) is 0 Å². The van der Waals surface area contributed by atoms with E-state index in [1.807, 2.05) is 35.7 Å². The van der Waals surface area contributed by atoms with E-state index in [-0.39, 0.29) is 17.7 Å². The standard InChI is InChI=1S/C14H28N4O2/c1-12(5-4-6-15)14(20)18-9-7-17(8-10-18)13(19)11-16(2)3/h12H,4-11,15H2,1-3H3. The van der Waals surface area contributed by atoms with E-state index in [9.17, 15) is 9.59 Å². The molecule has 1 heterocycles. The van der Waals surface area contributed by atoms with Crippen LogP contribution in [0.15, 0.2) is 0 Å².